The van der Waals surface area contributed by atoms with Gasteiger partial charge in [0.2, 0.25) is 0 Å². The summed E-state index contributed by atoms with van der Waals surface area (Å²) in [6, 6.07) is -0.829. The van der Waals surface area contributed by atoms with E-state index in [1.807, 2.05) is 0 Å². The third kappa shape index (κ3) is 11.3. The van der Waals surface area contributed by atoms with E-state index in [0.717, 1.165) is 12.2 Å². The second-order valence-corrected chi connectivity index (χ2v) is 7.38. The Morgan fingerprint density at radius 2 is 0.967 bits per heavy atom. The third-order valence-corrected chi connectivity index (χ3v) is 3.86. The Morgan fingerprint density at radius 1 is 0.667 bits per heavy atom. The molecular weight excluding hydrogens is 396 g/mol. The summed E-state index contributed by atoms with van der Waals surface area (Å²) >= 11 is 0. The Labute approximate surface area is 178 Å². The molecule has 0 aromatic carbocycles. The first-order valence-corrected chi connectivity index (χ1v) is 9.73. The van der Waals surface area contributed by atoms with E-state index in [9.17, 15) is 19.2 Å². The van der Waals surface area contributed by atoms with E-state index in [1.54, 1.807) is 41.5 Å². The van der Waals surface area contributed by atoms with Crippen molar-refractivity contribution in [3.63, 3.8) is 0 Å². The van der Waals surface area contributed by atoms with E-state index in [2.05, 4.69) is 0 Å². The molecule has 30 heavy (non-hydrogen) atoms. The minimum atomic E-state index is -0.755. The molecule has 172 valence electrons. The van der Waals surface area contributed by atoms with Crippen LogP contribution in [0.3, 0.4) is 0 Å². The molecule has 10 nitrogen and oxygen atoms in total. The number of hydrogen-bond donors (Lipinski definition) is 0. The molecule has 0 N–H and O–H groups in total. The monoisotopic (exact) mass is 430 g/mol. The number of nitrogens with zero attached hydrogens (tertiary/aromatic N) is 2. The lowest BCUT2D eigenvalue weighted by atomic mass is 10.3. The number of rotatable bonds is 10. The van der Waals surface area contributed by atoms with Crippen molar-refractivity contribution in [1.82, 2.24) is 9.80 Å². The van der Waals surface area contributed by atoms with Crippen LogP contribution in [0.4, 0.5) is 9.59 Å². The van der Waals surface area contributed by atoms with Gasteiger partial charge in [-0.1, -0.05) is 0 Å². The zero-order valence-corrected chi connectivity index (χ0v) is 19.0. The second kappa shape index (κ2) is 13.4. The average molecular weight is 430 g/mol. The summed E-state index contributed by atoms with van der Waals surface area (Å²) in [6.45, 7) is 10.2. The van der Waals surface area contributed by atoms with Crippen LogP contribution in [0.25, 0.3) is 0 Å². The molecule has 0 radical (unpaired) electrons. The van der Waals surface area contributed by atoms with Gasteiger partial charge in [0.15, 0.2) is 0 Å². The van der Waals surface area contributed by atoms with Gasteiger partial charge < -0.3 is 28.7 Å². The summed E-state index contributed by atoms with van der Waals surface area (Å²) in [5.74, 6) is -1.51. The highest BCUT2D eigenvalue weighted by molar-refractivity contribution is 5.91. The maximum atomic E-state index is 11.8. The van der Waals surface area contributed by atoms with Crippen molar-refractivity contribution in [2.75, 3.05) is 27.3 Å². The first-order valence-electron chi connectivity index (χ1n) is 9.73. The molecule has 2 amide bonds. The molecule has 0 aromatic heterocycles. The largest absolute Gasteiger partial charge is 0.460 e. The van der Waals surface area contributed by atoms with E-state index in [-0.39, 0.29) is 25.4 Å². The molecule has 2 atom stereocenters. The van der Waals surface area contributed by atoms with Crippen LogP contribution in [0.15, 0.2) is 12.2 Å². The highest BCUT2D eigenvalue weighted by Gasteiger charge is 2.20. The fourth-order valence-electron chi connectivity index (χ4n) is 1.79. The third-order valence-electron chi connectivity index (χ3n) is 3.86. The second-order valence-electron chi connectivity index (χ2n) is 7.38. The van der Waals surface area contributed by atoms with Crippen LogP contribution in [0.2, 0.25) is 0 Å². The molecular formula is C20H34N2O8. The standard InChI is InChI=1S/C20H34N2O8/c1-13(2)29-19(25)21(7)15(5)11-27-17(23)9-10-18(24)28-12-16(6)22(8)20(26)30-14(3)4/h9-10,13-16H,11-12H2,1-8H3/b10-9+/t15-,16-/m0/s1. The van der Waals surface area contributed by atoms with Crippen LogP contribution in [-0.4, -0.2) is 85.5 Å². The van der Waals surface area contributed by atoms with Crippen LogP contribution < -0.4 is 0 Å². The minimum absolute atomic E-state index is 0.0678. The quantitative estimate of drug-likeness (QED) is 0.295. The molecule has 0 aromatic rings. The van der Waals surface area contributed by atoms with Gasteiger partial charge in [-0.2, -0.15) is 0 Å². The van der Waals surface area contributed by atoms with Gasteiger partial charge in [-0.25, -0.2) is 19.2 Å². The molecule has 0 spiro atoms. The van der Waals surface area contributed by atoms with Gasteiger partial charge in [0.1, 0.15) is 13.2 Å². The van der Waals surface area contributed by atoms with E-state index < -0.39 is 36.2 Å². The summed E-state index contributed by atoms with van der Waals surface area (Å²) in [4.78, 5) is 49.7. The maximum absolute atomic E-state index is 11.8. The molecule has 0 saturated heterocycles. The van der Waals surface area contributed by atoms with E-state index in [1.165, 1.54) is 23.9 Å². The van der Waals surface area contributed by atoms with Gasteiger partial charge >= 0.3 is 24.1 Å². The zero-order chi connectivity index (χ0) is 23.4. The van der Waals surface area contributed by atoms with Gasteiger partial charge in [-0.05, 0) is 41.5 Å². The summed E-state index contributed by atoms with van der Waals surface area (Å²) in [5.41, 5.74) is 0. The summed E-state index contributed by atoms with van der Waals surface area (Å²) < 4.78 is 20.1. The highest BCUT2D eigenvalue weighted by atomic mass is 16.6. The van der Waals surface area contributed by atoms with Crippen LogP contribution in [0.5, 0.6) is 0 Å². The summed E-state index contributed by atoms with van der Waals surface area (Å²) in [5, 5.41) is 0. The summed E-state index contributed by atoms with van der Waals surface area (Å²) in [6.07, 6.45) is 0.304. The van der Waals surface area contributed by atoms with Gasteiger partial charge in [0.25, 0.3) is 0 Å². The molecule has 0 saturated carbocycles. The first-order chi connectivity index (χ1) is 13.8. The highest BCUT2D eigenvalue weighted by Crippen LogP contribution is 2.04. The normalized spacial score (nSPS) is 13.0. The van der Waals surface area contributed by atoms with E-state index in [4.69, 9.17) is 18.9 Å². The zero-order valence-electron chi connectivity index (χ0n) is 19.0. The van der Waals surface area contributed by atoms with Gasteiger partial charge in [-0.3, -0.25) is 0 Å². The van der Waals surface area contributed by atoms with Crippen molar-refractivity contribution in [1.29, 1.82) is 0 Å². The molecule has 0 fully saturated rings. The maximum Gasteiger partial charge on any atom is 0.410 e. The minimum Gasteiger partial charge on any atom is -0.460 e. The number of carbonyl (C=O) groups is 4. The Hall–Kier alpha value is -2.78. The fraction of sp³-hybridized carbons (Fsp3) is 0.700. The smallest absolute Gasteiger partial charge is 0.410 e. The van der Waals surface area contributed by atoms with Crippen LogP contribution in [0.1, 0.15) is 41.5 Å². The first kappa shape index (κ1) is 27.2. The molecule has 0 heterocycles. The number of amides is 2. The summed E-state index contributed by atoms with van der Waals surface area (Å²) in [7, 11) is 3.07. The Morgan fingerprint density at radius 3 is 1.23 bits per heavy atom. The van der Waals surface area contributed by atoms with Crippen molar-refractivity contribution < 1.29 is 38.1 Å². The van der Waals surface area contributed by atoms with Gasteiger partial charge in [0.05, 0.1) is 24.3 Å². The van der Waals surface area contributed by atoms with Crippen molar-refractivity contribution >= 4 is 24.1 Å². The number of hydrogen-bond acceptors (Lipinski definition) is 8. The van der Waals surface area contributed by atoms with Crippen molar-refractivity contribution in [3.05, 3.63) is 12.2 Å². The van der Waals surface area contributed by atoms with E-state index in [0.29, 0.717) is 0 Å². The molecule has 0 aliphatic heterocycles. The van der Waals surface area contributed by atoms with Gasteiger partial charge in [0, 0.05) is 26.2 Å². The fourth-order valence-corrected chi connectivity index (χ4v) is 1.79. The Bertz CT molecular complexity index is 566. The number of carbonyl (C=O) groups excluding carboxylic acids is 4. The SMILES string of the molecule is CC(C)OC(=O)N(C)[C@@H](C)COC(=O)/C=C/C(=O)OC[C@H](C)N(C)C(=O)OC(C)C. The molecule has 0 aliphatic carbocycles. The number of ether oxygens (including phenoxy) is 4. The molecule has 0 rings (SSSR count). The predicted octanol–water partition coefficient (Wildman–Crippen LogP) is 2.36. The molecule has 0 unspecified atom stereocenters. The van der Waals surface area contributed by atoms with Crippen molar-refractivity contribution in [2.45, 2.75) is 65.8 Å². The predicted molar refractivity (Wildman–Crippen MR) is 109 cm³/mol. The van der Waals surface area contributed by atoms with Crippen LogP contribution in [-0.2, 0) is 28.5 Å². The van der Waals surface area contributed by atoms with Crippen molar-refractivity contribution in [2.24, 2.45) is 0 Å². The molecule has 10 heteroatoms. The van der Waals surface area contributed by atoms with Crippen LogP contribution >= 0.6 is 0 Å². The van der Waals surface area contributed by atoms with Crippen molar-refractivity contribution in [3.8, 4) is 0 Å². The van der Waals surface area contributed by atoms with Crippen LogP contribution in [0, 0.1) is 0 Å². The average Bonchev–Trinajstić information content (AvgIpc) is 2.65. The lowest BCUT2D eigenvalue weighted by Gasteiger charge is -2.24. The van der Waals surface area contributed by atoms with Gasteiger partial charge in [-0.15, -0.1) is 0 Å². The lowest BCUT2D eigenvalue weighted by molar-refractivity contribution is -0.141. The molecule has 0 bridgehead atoms. The lowest BCUT2D eigenvalue weighted by Crippen LogP contribution is -2.39. The van der Waals surface area contributed by atoms with E-state index >= 15 is 0 Å². The molecule has 0 aliphatic rings. The number of esters is 2. The Kier molecular flexibility index (Phi) is 12.2. The topological polar surface area (TPSA) is 112 Å². The Balaban J connectivity index is 4.34. The number of likely N-dealkylation sites (N-methyl/N-ethyl adjacent to an activating group) is 2.